The highest BCUT2D eigenvalue weighted by Gasteiger charge is 2.12. The van der Waals surface area contributed by atoms with Crippen LogP contribution in [0.3, 0.4) is 0 Å². The molecule has 0 unspecified atom stereocenters. The maximum absolute atomic E-state index is 11.5. The van der Waals surface area contributed by atoms with E-state index in [0.717, 1.165) is 32.0 Å². The van der Waals surface area contributed by atoms with Crippen LogP contribution in [0.2, 0.25) is 0 Å². The summed E-state index contributed by atoms with van der Waals surface area (Å²) in [6.07, 6.45) is 5.79. The van der Waals surface area contributed by atoms with Gasteiger partial charge in [0.2, 0.25) is 0 Å². The molecule has 0 saturated carbocycles. The van der Waals surface area contributed by atoms with Gasteiger partial charge in [-0.15, -0.1) is 0 Å². The molecule has 0 aromatic carbocycles. The molecule has 0 atom stereocenters. The summed E-state index contributed by atoms with van der Waals surface area (Å²) in [6, 6.07) is 0. The SMILES string of the molecule is CCC(CC)C(=O)CCCCC=O. The number of ketones is 1. The van der Waals surface area contributed by atoms with E-state index in [0.29, 0.717) is 18.6 Å². The zero-order valence-electron chi connectivity index (χ0n) is 8.71. The van der Waals surface area contributed by atoms with E-state index >= 15 is 0 Å². The normalized spacial score (nSPS) is 10.4. The van der Waals surface area contributed by atoms with Crippen molar-refractivity contribution in [3.63, 3.8) is 0 Å². The van der Waals surface area contributed by atoms with Gasteiger partial charge >= 0.3 is 0 Å². The summed E-state index contributed by atoms with van der Waals surface area (Å²) in [5.41, 5.74) is 0. The summed E-state index contributed by atoms with van der Waals surface area (Å²) < 4.78 is 0. The number of hydrogen-bond acceptors (Lipinski definition) is 2. The minimum absolute atomic E-state index is 0.247. The molecule has 0 fully saturated rings. The maximum Gasteiger partial charge on any atom is 0.135 e. The van der Waals surface area contributed by atoms with Crippen molar-refractivity contribution in [2.75, 3.05) is 0 Å². The minimum atomic E-state index is 0.247. The van der Waals surface area contributed by atoms with E-state index in [1.807, 2.05) is 0 Å². The molecule has 0 aromatic rings. The van der Waals surface area contributed by atoms with Crippen LogP contribution in [0.15, 0.2) is 0 Å². The van der Waals surface area contributed by atoms with Gasteiger partial charge in [0.05, 0.1) is 0 Å². The molecule has 0 spiro atoms. The summed E-state index contributed by atoms with van der Waals surface area (Å²) in [6.45, 7) is 4.11. The molecule has 0 aliphatic rings. The van der Waals surface area contributed by atoms with E-state index in [4.69, 9.17) is 0 Å². The molecule has 0 radical (unpaired) electrons. The molecule has 0 amide bonds. The van der Waals surface area contributed by atoms with Crippen LogP contribution in [-0.4, -0.2) is 12.1 Å². The first kappa shape index (κ1) is 12.3. The third-order valence-corrected chi connectivity index (χ3v) is 2.44. The third kappa shape index (κ3) is 5.56. The molecule has 0 heterocycles. The predicted octanol–water partition coefficient (Wildman–Crippen LogP) is 2.75. The van der Waals surface area contributed by atoms with Crippen molar-refractivity contribution < 1.29 is 9.59 Å². The van der Waals surface area contributed by atoms with Crippen LogP contribution >= 0.6 is 0 Å². The zero-order valence-corrected chi connectivity index (χ0v) is 8.71. The van der Waals surface area contributed by atoms with Crippen molar-refractivity contribution in [1.82, 2.24) is 0 Å². The first-order valence-corrected chi connectivity index (χ1v) is 5.22. The quantitative estimate of drug-likeness (QED) is 0.429. The Balaban J connectivity index is 3.54. The summed E-state index contributed by atoms with van der Waals surface area (Å²) in [5, 5.41) is 0. The molecule has 0 N–H and O–H groups in total. The van der Waals surface area contributed by atoms with E-state index in [9.17, 15) is 9.59 Å². The first-order valence-electron chi connectivity index (χ1n) is 5.22. The molecule has 76 valence electrons. The Morgan fingerprint density at radius 2 is 1.85 bits per heavy atom. The second-order valence-electron chi connectivity index (χ2n) is 3.39. The number of carbonyl (C=O) groups excluding carboxylic acids is 2. The number of Topliss-reactive ketones (excluding diaryl/α,β-unsaturated/α-hetero) is 1. The van der Waals surface area contributed by atoms with Crippen LogP contribution < -0.4 is 0 Å². The minimum Gasteiger partial charge on any atom is -0.303 e. The van der Waals surface area contributed by atoms with E-state index < -0.39 is 0 Å². The van der Waals surface area contributed by atoms with E-state index in [-0.39, 0.29) is 5.92 Å². The number of aldehydes is 1. The lowest BCUT2D eigenvalue weighted by Gasteiger charge is -2.09. The molecule has 2 nitrogen and oxygen atoms in total. The van der Waals surface area contributed by atoms with Gasteiger partial charge in [-0.1, -0.05) is 13.8 Å². The standard InChI is InChI=1S/C11H20O2/c1-3-10(4-2)11(13)8-6-5-7-9-12/h9-10H,3-8H2,1-2H3. The highest BCUT2D eigenvalue weighted by molar-refractivity contribution is 5.80. The topological polar surface area (TPSA) is 34.1 Å². The summed E-state index contributed by atoms with van der Waals surface area (Å²) in [5.74, 6) is 0.618. The second kappa shape index (κ2) is 7.96. The third-order valence-electron chi connectivity index (χ3n) is 2.44. The van der Waals surface area contributed by atoms with Crippen molar-refractivity contribution in [2.24, 2.45) is 5.92 Å². The predicted molar refractivity (Wildman–Crippen MR) is 53.6 cm³/mol. The van der Waals surface area contributed by atoms with Crippen LogP contribution in [0.5, 0.6) is 0 Å². The van der Waals surface area contributed by atoms with Crippen LogP contribution in [0.25, 0.3) is 0 Å². The fourth-order valence-corrected chi connectivity index (χ4v) is 1.48. The van der Waals surface area contributed by atoms with Gasteiger partial charge < -0.3 is 4.79 Å². The summed E-state index contributed by atoms with van der Waals surface area (Å²) in [4.78, 5) is 21.5. The van der Waals surface area contributed by atoms with Crippen molar-refractivity contribution in [1.29, 1.82) is 0 Å². The highest BCUT2D eigenvalue weighted by atomic mass is 16.1. The Hall–Kier alpha value is -0.660. The largest absolute Gasteiger partial charge is 0.303 e. The smallest absolute Gasteiger partial charge is 0.135 e. The first-order chi connectivity index (χ1) is 6.26. The van der Waals surface area contributed by atoms with Crippen LogP contribution in [-0.2, 0) is 9.59 Å². The molecule has 13 heavy (non-hydrogen) atoms. The molecule has 0 saturated heterocycles. The summed E-state index contributed by atoms with van der Waals surface area (Å²) >= 11 is 0. The molecule has 0 aliphatic heterocycles. The van der Waals surface area contributed by atoms with Gasteiger partial charge in [0.15, 0.2) is 0 Å². The molecule has 2 heteroatoms. The Labute approximate surface area is 80.7 Å². The van der Waals surface area contributed by atoms with E-state index in [1.165, 1.54) is 0 Å². The van der Waals surface area contributed by atoms with Gasteiger partial charge in [0.25, 0.3) is 0 Å². The van der Waals surface area contributed by atoms with Crippen molar-refractivity contribution in [3.8, 4) is 0 Å². The number of unbranched alkanes of at least 4 members (excludes halogenated alkanes) is 2. The van der Waals surface area contributed by atoms with Gasteiger partial charge in [-0.25, -0.2) is 0 Å². The van der Waals surface area contributed by atoms with Crippen molar-refractivity contribution in [3.05, 3.63) is 0 Å². The molecule has 0 rings (SSSR count). The summed E-state index contributed by atoms with van der Waals surface area (Å²) in [7, 11) is 0. The Morgan fingerprint density at radius 1 is 1.23 bits per heavy atom. The molecule has 0 bridgehead atoms. The highest BCUT2D eigenvalue weighted by Crippen LogP contribution is 2.13. The molecule has 0 aliphatic carbocycles. The fraction of sp³-hybridized carbons (Fsp3) is 0.818. The molecular formula is C11H20O2. The monoisotopic (exact) mass is 184 g/mol. The van der Waals surface area contributed by atoms with Crippen molar-refractivity contribution in [2.45, 2.75) is 52.4 Å². The number of hydrogen-bond donors (Lipinski definition) is 0. The Morgan fingerprint density at radius 3 is 2.31 bits per heavy atom. The average molecular weight is 184 g/mol. The van der Waals surface area contributed by atoms with Gasteiger partial charge in [0.1, 0.15) is 12.1 Å². The second-order valence-corrected chi connectivity index (χ2v) is 3.39. The van der Waals surface area contributed by atoms with Gasteiger partial charge in [-0.2, -0.15) is 0 Å². The van der Waals surface area contributed by atoms with Crippen LogP contribution in [0.1, 0.15) is 52.4 Å². The maximum atomic E-state index is 11.5. The zero-order chi connectivity index (χ0) is 10.1. The Kier molecular flexibility index (Phi) is 7.56. The van der Waals surface area contributed by atoms with Crippen molar-refractivity contribution >= 4 is 12.1 Å². The number of rotatable bonds is 8. The van der Waals surface area contributed by atoms with Crippen LogP contribution in [0.4, 0.5) is 0 Å². The van der Waals surface area contributed by atoms with Gasteiger partial charge in [-0.3, -0.25) is 4.79 Å². The van der Waals surface area contributed by atoms with Crippen LogP contribution in [0, 0.1) is 5.92 Å². The van der Waals surface area contributed by atoms with E-state index in [2.05, 4.69) is 13.8 Å². The lowest BCUT2D eigenvalue weighted by Crippen LogP contribution is -2.12. The van der Waals surface area contributed by atoms with Gasteiger partial charge in [-0.05, 0) is 25.7 Å². The average Bonchev–Trinajstić information content (AvgIpc) is 2.14. The fourth-order valence-electron chi connectivity index (χ4n) is 1.48. The molecule has 0 aromatic heterocycles. The lowest BCUT2D eigenvalue weighted by molar-refractivity contribution is -0.123. The number of carbonyl (C=O) groups is 2. The van der Waals surface area contributed by atoms with E-state index in [1.54, 1.807) is 0 Å². The Bertz CT molecular complexity index is 148. The van der Waals surface area contributed by atoms with Gasteiger partial charge in [0, 0.05) is 18.8 Å². The lowest BCUT2D eigenvalue weighted by atomic mass is 9.94. The molecular weight excluding hydrogens is 164 g/mol.